The van der Waals surface area contributed by atoms with Crippen molar-refractivity contribution in [3.63, 3.8) is 0 Å². The first-order chi connectivity index (χ1) is 7.67. The molecule has 0 aliphatic heterocycles. The van der Waals surface area contributed by atoms with Gasteiger partial charge in [0.2, 0.25) is 0 Å². The Hall–Kier alpha value is -0.160. The van der Waals surface area contributed by atoms with Gasteiger partial charge in [-0.3, -0.25) is 4.79 Å². The van der Waals surface area contributed by atoms with Crippen molar-refractivity contribution in [1.29, 1.82) is 0 Å². The predicted molar refractivity (Wildman–Crippen MR) is 42.8 cm³/mol. The van der Waals surface area contributed by atoms with Crippen LogP contribution in [0, 0.1) is 0 Å². The van der Waals surface area contributed by atoms with Gasteiger partial charge in [0, 0.05) is 12.4 Å². The van der Waals surface area contributed by atoms with Crippen LogP contribution in [0.15, 0.2) is 0 Å². The zero-order valence-electron chi connectivity index (χ0n) is 10.4. The van der Waals surface area contributed by atoms with E-state index < -0.39 is 48.9 Å². The Morgan fingerprint density at radius 3 is 1.84 bits per heavy atom. The number of aliphatic hydroxyl groups is 1. The van der Waals surface area contributed by atoms with Crippen molar-refractivity contribution in [1.82, 2.24) is 0 Å². The molecule has 0 aromatic heterocycles. The molecular weight excluding hydrogens is 286 g/mol. The second-order valence-electron chi connectivity index (χ2n) is 3.10. The van der Waals surface area contributed by atoms with Crippen molar-refractivity contribution in [2.45, 2.75) is 18.4 Å². The predicted octanol–water partition coefficient (Wildman–Crippen LogP) is -10.4. The van der Waals surface area contributed by atoms with Crippen molar-refractivity contribution in [2.75, 3.05) is 6.61 Å². The van der Waals surface area contributed by atoms with Gasteiger partial charge in [-0.05, 0) is 0 Å². The van der Waals surface area contributed by atoms with Gasteiger partial charge in [0.1, 0.15) is 5.60 Å². The maximum absolute atomic E-state index is 10.9. The molecule has 2 N–H and O–H groups in total. The van der Waals surface area contributed by atoms with Crippen molar-refractivity contribution >= 4 is 23.9 Å². The van der Waals surface area contributed by atoms with Gasteiger partial charge in [-0.15, -0.1) is 0 Å². The van der Waals surface area contributed by atoms with Crippen LogP contribution >= 0.6 is 0 Å². The third-order valence-corrected chi connectivity index (χ3v) is 1.61. The van der Waals surface area contributed by atoms with E-state index in [1.165, 1.54) is 0 Å². The third kappa shape index (κ3) is 10.3. The van der Waals surface area contributed by atoms with Gasteiger partial charge in [0.25, 0.3) is 0 Å². The molecule has 0 aromatic rings. The average molecular weight is 294 g/mol. The standard InChI is InChI=1S/C8H10O9.2Na/c9-4(10)1-8(16,7(14)15)2-6(13)17-3-5(11)12;;/h16H,1-3H2,(H,9,10)(H,11,12)(H,14,15);;/q;2*+1/p-2. The van der Waals surface area contributed by atoms with E-state index in [9.17, 15) is 34.5 Å². The summed E-state index contributed by atoms with van der Waals surface area (Å²) in [5.41, 5.74) is -2.99. The number of esters is 1. The van der Waals surface area contributed by atoms with E-state index in [0.717, 1.165) is 0 Å². The summed E-state index contributed by atoms with van der Waals surface area (Å²) >= 11 is 0. The van der Waals surface area contributed by atoms with Crippen molar-refractivity contribution in [3.05, 3.63) is 0 Å². The summed E-state index contributed by atoms with van der Waals surface area (Å²) in [5.74, 6) is -6.99. The van der Waals surface area contributed by atoms with Crippen molar-refractivity contribution < 1.29 is 103 Å². The second kappa shape index (κ2) is 10.6. The van der Waals surface area contributed by atoms with Crippen LogP contribution in [0.1, 0.15) is 12.8 Å². The molecule has 9 nitrogen and oxygen atoms in total. The smallest absolute Gasteiger partial charge is 0.550 e. The largest absolute Gasteiger partial charge is 1.00 e. The van der Waals surface area contributed by atoms with E-state index in [1.807, 2.05) is 0 Å². The molecule has 1 atom stereocenters. The fraction of sp³-hybridized carbons (Fsp3) is 0.500. The molecule has 0 rings (SSSR count). The van der Waals surface area contributed by atoms with Crippen LogP contribution in [0.25, 0.3) is 0 Å². The summed E-state index contributed by atoms with van der Waals surface area (Å²) in [6.07, 6.45) is -2.63. The summed E-state index contributed by atoms with van der Waals surface area (Å²) in [4.78, 5) is 41.5. The van der Waals surface area contributed by atoms with Crippen LogP contribution in [0.3, 0.4) is 0 Å². The number of carboxylic acid groups (broad SMARTS) is 3. The molecule has 0 amide bonds. The van der Waals surface area contributed by atoms with E-state index in [-0.39, 0.29) is 59.1 Å². The van der Waals surface area contributed by atoms with Crippen molar-refractivity contribution in [3.8, 4) is 0 Å². The first-order valence-corrected chi connectivity index (χ1v) is 4.18. The molecule has 0 bridgehead atoms. The summed E-state index contributed by atoms with van der Waals surface area (Å²) < 4.78 is 4.03. The van der Waals surface area contributed by atoms with E-state index in [4.69, 9.17) is 5.11 Å². The number of hydrogen-bond donors (Lipinski definition) is 2. The molecule has 1 unspecified atom stereocenters. The Balaban J connectivity index is -0.00000128. The summed E-state index contributed by atoms with van der Waals surface area (Å²) in [6.45, 7) is -1.03. The van der Waals surface area contributed by atoms with E-state index in [0.29, 0.717) is 0 Å². The van der Waals surface area contributed by atoms with Gasteiger partial charge in [0.05, 0.1) is 12.4 Å². The van der Waals surface area contributed by atoms with Crippen LogP contribution in [-0.4, -0.2) is 46.3 Å². The van der Waals surface area contributed by atoms with Crippen LogP contribution in [-0.2, 0) is 23.9 Å². The Labute approximate surface area is 151 Å². The molecule has 0 aliphatic carbocycles. The molecule has 0 radical (unpaired) electrons. The molecular formula is C8H8Na2O9. The molecule has 11 heteroatoms. The normalized spacial score (nSPS) is 12.1. The van der Waals surface area contributed by atoms with Crippen LogP contribution in [0.2, 0.25) is 0 Å². The monoisotopic (exact) mass is 294 g/mol. The minimum absolute atomic E-state index is 0. The minimum atomic E-state index is -2.99. The summed E-state index contributed by atoms with van der Waals surface area (Å²) in [5, 5.41) is 38.0. The first-order valence-electron chi connectivity index (χ1n) is 4.18. The van der Waals surface area contributed by atoms with Crippen LogP contribution < -0.4 is 69.3 Å². The number of carboxylic acids is 3. The fourth-order valence-electron chi connectivity index (χ4n) is 0.878. The zero-order chi connectivity index (χ0) is 13.6. The number of hydrogen-bond acceptors (Lipinski definition) is 8. The summed E-state index contributed by atoms with van der Waals surface area (Å²) in [6, 6.07) is 0. The number of carbonyl (C=O) groups is 4. The third-order valence-electron chi connectivity index (χ3n) is 1.61. The quantitative estimate of drug-likeness (QED) is 0.342. The number of aliphatic carboxylic acids is 3. The summed E-state index contributed by atoms with van der Waals surface area (Å²) in [7, 11) is 0. The Bertz CT molecular complexity index is 356. The van der Waals surface area contributed by atoms with E-state index in [2.05, 4.69) is 4.74 Å². The maximum atomic E-state index is 10.9. The topological polar surface area (TPSA) is 164 Å². The molecule has 0 fully saturated rings. The average Bonchev–Trinajstić information content (AvgIpc) is 2.12. The Morgan fingerprint density at radius 1 is 1.05 bits per heavy atom. The molecule has 0 spiro atoms. The van der Waals surface area contributed by atoms with Gasteiger partial charge < -0.3 is 34.8 Å². The zero-order valence-corrected chi connectivity index (χ0v) is 14.4. The minimum Gasteiger partial charge on any atom is -0.550 e. The van der Waals surface area contributed by atoms with Crippen LogP contribution in [0.4, 0.5) is 0 Å². The second-order valence-corrected chi connectivity index (χ2v) is 3.10. The Kier molecular flexibility index (Phi) is 13.3. The maximum Gasteiger partial charge on any atom is 1.00 e. The number of rotatable bonds is 7. The van der Waals surface area contributed by atoms with E-state index >= 15 is 0 Å². The van der Waals surface area contributed by atoms with Crippen LogP contribution in [0.5, 0.6) is 0 Å². The van der Waals surface area contributed by atoms with Gasteiger partial charge >= 0.3 is 71.1 Å². The van der Waals surface area contributed by atoms with Gasteiger partial charge in [0.15, 0.2) is 6.61 Å². The SMILES string of the molecule is O=C([O-])CC(O)(CC(=O)OCC(=O)O)C(=O)[O-].[Na+].[Na+]. The van der Waals surface area contributed by atoms with Gasteiger partial charge in [-0.25, -0.2) is 4.79 Å². The molecule has 96 valence electrons. The first kappa shape index (κ1) is 23.9. The van der Waals surface area contributed by atoms with Gasteiger partial charge in [-0.2, -0.15) is 0 Å². The van der Waals surface area contributed by atoms with Crippen molar-refractivity contribution in [2.24, 2.45) is 0 Å². The number of ether oxygens (including phenoxy) is 1. The van der Waals surface area contributed by atoms with E-state index in [1.54, 1.807) is 0 Å². The Morgan fingerprint density at radius 2 is 1.53 bits per heavy atom. The molecule has 0 heterocycles. The molecule has 0 saturated heterocycles. The molecule has 0 saturated carbocycles. The molecule has 0 aliphatic rings. The molecule has 0 aromatic carbocycles. The number of carbonyl (C=O) groups excluding carboxylic acids is 3. The van der Waals surface area contributed by atoms with Gasteiger partial charge in [-0.1, -0.05) is 0 Å². The fourth-order valence-corrected chi connectivity index (χ4v) is 0.878. The molecule has 19 heavy (non-hydrogen) atoms.